The minimum Gasteiger partial charge on any atom is -0.349 e. The summed E-state index contributed by atoms with van der Waals surface area (Å²) >= 11 is 9.26. The van der Waals surface area contributed by atoms with E-state index in [1.165, 1.54) is 0 Å². The number of benzene rings is 1. The number of nitrogens with one attached hydrogen (secondary N) is 1. The number of hydrogen-bond acceptors (Lipinski definition) is 2. The first-order chi connectivity index (χ1) is 9.10. The molecular formula is C14H18BrClN2O. The maximum atomic E-state index is 12.1. The van der Waals surface area contributed by atoms with Gasteiger partial charge in [0.15, 0.2) is 0 Å². The molecule has 1 aromatic rings. The summed E-state index contributed by atoms with van der Waals surface area (Å²) in [6.45, 7) is 5.38. The highest BCUT2D eigenvalue weighted by atomic mass is 79.9. The van der Waals surface area contributed by atoms with Crippen molar-refractivity contribution in [2.45, 2.75) is 25.8 Å². The van der Waals surface area contributed by atoms with Gasteiger partial charge in [-0.05, 0) is 53.5 Å². The molecule has 1 aliphatic rings. The van der Waals surface area contributed by atoms with Crippen LogP contribution in [0.5, 0.6) is 0 Å². The van der Waals surface area contributed by atoms with Crippen molar-refractivity contribution in [3.05, 3.63) is 33.3 Å². The lowest BCUT2D eigenvalue weighted by Crippen LogP contribution is -2.44. The van der Waals surface area contributed by atoms with Crippen molar-refractivity contribution in [3.63, 3.8) is 0 Å². The number of amides is 1. The Morgan fingerprint density at radius 3 is 2.74 bits per heavy atom. The third-order valence-electron chi connectivity index (χ3n) is 3.55. The quantitative estimate of drug-likeness (QED) is 0.911. The summed E-state index contributed by atoms with van der Waals surface area (Å²) in [6.07, 6.45) is 2.04. The molecule has 0 bridgehead atoms. The minimum atomic E-state index is -0.0210. The molecule has 1 amide bonds. The lowest BCUT2D eigenvalue weighted by molar-refractivity contribution is 0.0912. The van der Waals surface area contributed by atoms with Crippen LogP contribution < -0.4 is 5.32 Å². The molecule has 0 unspecified atom stereocenters. The normalized spacial score (nSPS) is 17.4. The number of rotatable bonds is 3. The fourth-order valence-corrected chi connectivity index (χ4v) is 2.80. The zero-order valence-electron chi connectivity index (χ0n) is 11.0. The van der Waals surface area contributed by atoms with E-state index in [-0.39, 0.29) is 11.9 Å². The number of halogens is 2. The molecule has 0 atom stereocenters. The largest absolute Gasteiger partial charge is 0.349 e. The molecule has 0 radical (unpaired) electrons. The van der Waals surface area contributed by atoms with E-state index < -0.39 is 0 Å². The van der Waals surface area contributed by atoms with Gasteiger partial charge in [-0.1, -0.05) is 18.5 Å². The molecule has 19 heavy (non-hydrogen) atoms. The van der Waals surface area contributed by atoms with Crippen LogP contribution in [0.1, 0.15) is 30.1 Å². The van der Waals surface area contributed by atoms with Gasteiger partial charge in [0.25, 0.3) is 5.91 Å². The first-order valence-electron chi connectivity index (χ1n) is 6.58. The van der Waals surface area contributed by atoms with Crippen molar-refractivity contribution in [3.8, 4) is 0 Å². The lowest BCUT2D eigenvalue weighted by Gasteiger charge is -2.31. The number of nitrogens with zero attached hydrogens (tertiary/aromatic N) is 1. The summed E-state index contributed by atoms with van der Waals surface area (Å²) < 4.78 is 0.752. The second-order valence-electron chi connectivity index (χ2n) is 4.81. The van der Waals surface area contributed by atoms with Crippen LogP contribution in [-0.4, -0.2) is 36.5 Å². The smallest absolute Gasteiger partial charge is 0.251 e. The Bertz CT molecular complexity index is 459. The molecule has 3 nitrogen and oxygen atoms in total. The van der Waals surface area contributed by atoms with Crippen molar-refractivity contribution < 1.29 is 4.79 Å². The van der Waals surface area contributed by atoms with Crippen LogP contribution in [0, 0.1) is 0 Å². The van der Waals surface area contributed by atoms with Gasteiger partial charge in [-0.3, -0.25) is 4.79 Å². The van der Waals surface area contributed by atoms with Crippen molar-refractivity contribution in [1.82, 2.24) is 10.2 Å². The number of carbonyl (C=O) groups excluding carboxylic acids is 1. The summed E-state index contributed by atoms with van der Waals surface area (Å²) in [5.74, 6) is -0.0210. The molecule has 0 saturated carbocycles. The Labute approximate surface area is 127 Å². The van der Waals surface area contributed by atoms with Gasteiger partial charge in [-0.25, -0.2) is 0 Å². The fraction of sp³-hybridized carbons (Fsp3) is 0.500. The molecule has 0 spiro atoms. The Kier molecular flexibility index (Phi) is 5.25. The van der Waals surface area contributed by atoms with E-state index in [2.05, 4.69) is 33.1 Å². The fourth-order valence-electron chi connectivity index (χ4n) is 2.30. The molecule has 1 aliphatic heterocycles. The summed E-state index contributed by atoms with van der Waals surface area (Å²) in [5.41, 5.74) is 0.647. The molecule has 1 heterocycles. The van der Waals surface area contributed by atoms with E-state index in [0.717, 1.165) is 36.9 Å². The zero-order chi connectivity index (χ0) is 13.8. The third kappa shape index (κ3) is 3.94. The Balaban J connectivity index is 1.92. The number of likely N-dealkylation sites (tertiary alicyclic amines) is 1. The van der Waals surface area contributed by atoms with Crippen LogP contribution in [0.15, 0.2) is 22.7 Å². The average molecular weight is 346 g/mol. The summed E-state index contributed by atoms with van der Waals surface area (Å²) in [4.78, 5) is 14.5. The second kappa shape index (κ2) is 6.73. The van der Waals surface area contributed by atoms with Gasteiger partial charge in [0.2, 0.25) is 0 Å². The molecular weight excluding hydrogens is 328 g/mol. The predicted molar refractivity (Wildman–Crippen MR) is 81.8 cm³/mol. The monoisotopic (exact) mass is 344 g/mol. The van der Waals surface area contributed by atoms with E-state index in [0.29, 0.717) is 10.6 Å². The molecule has 1 aromatic carbocycles. The topological polar surface area (TPSA) is 32.3 Å². The SMILES string of the molecule is CCN1CCC(NC(=O)c2ccc(Cl)c(Br)c2)CC1. The van der Waals surface area contributed by atoms with Gasteiger partial charge in [0.1, 0.15) is 0 Å². The van der Waals surface area contributed by atoms with Crippen LogP contribution in [0.3, 0.4) is 0 Å². The Morgan fingerprint density at radius 1 is 1.47 bits per heavy atom. The molecule has 5 heteroatoms. The van der Waals surface area contributed by atoms with Gasteiger partial charge in [-0.15, -0.1) is 0 Å². The van der Waals surface area contributed by atoms with Crippen molar-refractivity contribution in [2.24, 2.45) is 0 Å². The van der Waals surface area contributed by atoms with Crippen molar-refractivity contribution in [1.29, 1.82) is 0 Å². The van der Waals surface area contributed by atoms with Gasteiger partial charge in [0, 0.05) is 29.2 Å². The van der Waals surface area contributed by atoms with Crippen LogP contribution in [0.4, 0.5) is 0 Å². The van der Waals surface area contributed by atoms with E-state index in [9.17, 15) is 4.79 Å². The number of hydrogen-bond donors (Lipinski definition) is 1. The minimum absolute atomic E-state index is 0.0210. The summed E-state index contributed by atoms with van der Waals surface area (Å²) in [5, 5.41) is 3.72. The third-order valence-corrected chi connectivity index (χ3v) is 4.77. The molecule has 0 aliphatic carbocycles. The number of piperidine rings is 1. The predicted octanol–water partition coefficient (Wildman–Crippen LogP) is 3.32. The van der Waals surface area contributed by atoms with E-state index in [1.54, 1.807) is 18.2 Å². The number of carbonyl (C=O) groups is 1. The molecule has 1 saturated heterocycles. The summed E-state index contributed by atoms with van der Waals surface area (Å²) in [6, 6.07) is 5.53. The van der Waals surface area contributed by atoms with Crippen LogP contribution >= 0.6 is 27.5 Å². The Hall–Kier alpha value is -0.580. The Morgan fingerprint density at radius 2 is 2.16 bits per heavy atom. The van der Waals surface area contributed by atoms with Gasteiger partial charge < -0.3 is 10.2 Å². The lowest BCUT2D eigenvalue weighted by atomic mass is 10.0. The highest BCUT2D eigenvalue weighted by Gasteiger charge is 2.20. The average Bonchev–Trinajstić information content (AvgIpc) is 2.42. The van der Waals surface area contributed by atoms with E-state index in [1.807, 2.05) is 0 Å². The molecule has 2 rings (SSSR count). The van der Waals surface area contributed by atoms with E-state index in [4.69, 9.17) is 11.6 Å². The van der Waals surface area contributed by atoms with Crippen LogP contribution in [0.25, 0.3) is 0 Å². The standard InChI is InChI=1S/C14H18BrClN2O/c1-2-18-7-5-11(6-8-18)17-14(19)10-3-4-13(16)12(15)9-10/h3-4,9,11H,2,5-8H2,1H3,(H,17,19). The van der Waals surface area contributed by atoms with Gasteiger partial charge >= 0.3 is 0 Å². The molecule has 1 N–H and O–H groups in total. The maximum Gasteiger partial charge on any atom is 0.251 e. The van der Waals surface area contributed by atoms with E-state index >= 15 is 0 Å². The van der Waals surface area contributed by atoms with Gasteiger partial charge in [0.05, 0.1) is 5.02 Å². The molecule has 104 valence electrons. The maximum absolute atomic E-state index is 12.1. The van der Waals surface area contributed by atoms with Crippen LogP contribution in [-0.2, 0) is 0 Å². The molecule has 1 fully saturated rings. The zero-order valence-corrected chi connectivity index (χ0v) is 13.3. The second-order valence-corrected chi connectivity index (χ2v) is 6.07. The molecule has 0 aromatic heterocycles. The van der Waals surface area contributed by atoms with Crippen molar-refractivity contribution >= 4 is 33.4 Å². The highest BCUT2D eigenvalue weighted by molar-refractivity contribution is 9.10. The van der Waals surface area contributed by atoms with Gasteiger partial charge in [-0.2, -0.15) is 0 Å². The van der Waals surface area contributed by atoms with Crippen molar-refractivity contribution in [2.75, 3.05) is 19.6 Å². The van der Waals surface area contributed by atoms with Crippen LogP contribution in [0.2, 0.25) is 5.02 Å². The first kappa shape index (κ1) is 14.8. The highest BCUT2D eigenvalue weighted by Crippen LogP contribution is 2.23. The summed E-state index contributed by atoms with van der Waals surface area (Å²) in [7, 11) is 0. The first-order valence-corrected chi connectivity index (χ1v) is 7.75.